The summed E-state index contributed by atoms with van der Waals surface area (Å²) in [5, 5.41) is 9.23. The number of carboxylic acids is 1. The lowest BCUT2D eigenvalue weighted by molar-refractivity contribution is -0.135. The molecule has 2 heterocycles. The summed E-state index contributed by atoms with van der Waals surface area (Å²) < 4.78 is 27.7. The summed E-state index contributed by atoms with van der Waals surface area (Å²) >= 11 is 0. The largest absolute Gasteiger partial charge is 0.496 e. The lowest BCUT2D eigenvalue weighted by atomic mass is 9.84. The number of carbonyl (C=O) groups is 3. The number of fused-ring (bicyclic) bond motifs is 3. The molecule has 0 fully saturated rings. The average Bonchev–Trinajstić information content (AvgIpc) is 3.22. The highest BCUT2D eigenvalue weighted by molar-refractivity contribution is 6.15. The van der Waals surface area contributed by atoms with Crippen molar-refractivity contribution >= 4 is 23.8 Å². The molecule has 0 saturated heterocycles. The number of rotatable bonds is 6. The van der Waals surface area contributed by atoms with Gasteiger partial charge in [-0.25, -0.2) is 4.79 Å². The molecule has 1 N–H and O–H groups in total. The quantitative estimate of drug-likeness (QED) is 0.296. The zero-order valence-electron chi connectivity index (χ0n) is 20.2. The van der Waals surface area contributed by atoms with Crippen LogP contribution >= 0.6 is 0 Å². The molecule has 1 atom stereocenters. The number of ketones is 1. The molecule has 9 nitrogen and oxygen atoms in total. The highest BCUT2D eigenvalue weighted by atomic mass is 16.5. The maximum atomic E-state index is 13.3. The molecule has 0 radical (unpaired) electrons. The van der Waals surface area contributed by atoms with Gasteiger partial charge in [0.1, 0.15) is 17.2 Å². The third-order valence-electron chi connectivity index (χ3n) is 6.36. The van der Waals surface area contributed by atoms with E-state index in [0.29, 0.717) is 51.0 Å². The number of carboxylic acid groups (broad SMARTS) is 1. The van der Waals surface area contributed by atoms with Gasteiger partial charge in [-0.05, 0) is 42.0 Å². The molecular weight excluding hydrogens is 480 g/mol. The van der Waals surface area contributed by atoms with Crippen molar-refractivity contribution in [1.29, 1.82) is 0 Å². The fraction of sp³-hybridized carbons (Fsp3) is 0.179. The summed E-state index contributed by atoms with van der Waals surface area (Å²) in [7, 11) is 4.52. The first-order valence-electron chi connectivity index (χ1n) is 11.3. The minimum atomic E-state index is -1.05. The van der Waals surface area contributed by atoms with Crippen molar-refractivity contribution in [2.75, 3.05) is 21.3 Å². The van der Waals surface area contributed by atoms with Gasteiger partial charge in [-0.2, -0.15) is 0 Å². The SMILES string of the molecule is COc1cc(OC)c(OC)cc1C=C1Oc2c(ccc3c2C(c2ccc(C(=O)O)cc2)CC(=O)O3)C1=O. The van der Waals surface area contributed by atoms with Crippen LogP contribution in [0.25, 0.3) is 6.08 Å². The Morgan fingerprint density at radius 3 is 2.24 bits per heavy atom. The summed E-state index contributed by atoms with van der Waals surface area (Å²) in [6.07, 6.45) is 1.57. The molecule has 5 rings (SSSR count). The maximum absolute atomic E-state index is 13.3. The van der Waals surface area contributed by atoms with Crippen LogP contribution in [0.5, 0.6) is 28.7 Å². The zero-order chi connectivity index (χ0) is 26.3. The van der Waals surface area contributed by atoms with Crippen LogP contribution in [-0.4, -0.2) is 44.2 Å². The summed E-state index contributed by atoms with van der Waals surface area (Å²) in [6, 6.07) is 12.7. The van der Waals surface area contributed by atoms with E-state index in [1.807, 2.05) is 0 Å². The maximum Gasteiger partial charge on any atom is 0.335 e. The molecule has 37 heavy (non-hydrogen) atoms. The minimum Gasteiger partial charge on any atom is -0.496 e. The molecule has 0 amide bonds. The topological polar surface area (TPSA) is 118 Å². The number of allylic oxidation sites excluding steroid dienone is 1. The van der Waals surface area contributed by atoms with E-state index in [0.717, 1.165) is 0 Å². The van der Waals surface area contributed by atoms with Crippen molar-refractivity contribution in [3.8, 4) is 28.7 Å². The lowest BCUT2D eigenvalue weighted by Crippen LogP contribution is -2.21. The Balaban J connectivity index is 1.59. The summed E-state index contributed by atoms with van der Waals surface area (Å²) in [4.78, 5) is 37.0. The van der Waals surface area contributed by atoms with Crippen molar-refractivity contribution in [2.45, 2.75) is 12.3 Å². The van der Waals surface area contributed by atoms with Gasteiger partial charge >= 0.3 is 11.9 Å². The Bertz CT molecular complexity index is 1470. The smallest absolute Gasteiger partial charge is 0.335 e. The van der Waals surface area contributed by atoms with Gasteiger partial charge in [0, 0.05) is 23.1 Å². The fourth-order valence-electron chi connectivity index (χ4n) is 4.56. The Morgan fingerprint density at radius 2 is 1.59 bits per heavy atom. The summed E-state index contributed by atoms with van der Waals surface area (Å²) in [6.45, 7) is 0. The van der Waals surface area contributed by atoms with Crippen molar-refractivity contribution in [3.05, 3.63) is 82.1 Å². The van der Waals surface area contributed by atoms with E-state index in [1.165, 1.54) is 33.5 Å². The van der Waals surface area contributed by atoms with E-state index in [-0.39, 0.29) is 23.5 Å². The Morgan fingerprint density at radius 1 is 0.919 bits per heavy atom. The van der Waals surface area contributed by atoms with E-state index in [4.69, 9.17) is 23.7 Å². The first-order valence-corrected chi connectivity index (χ1v) is 11.3. The highest BCUT2D eigenvalue weighted by Crippen LogP contribution is 2.49. The molecule has 1 unspecified atom stereocenters. The fourth-order valence-corrected chi connectivity index (χ4v) is 4.56. The van der Waals surface area contributed by atoms with Gasteiger partial charge < -0.3 is 28.8 Å². The molecule has 0 bridgehead atoms. The van der Waals surface area contributed by atoms with Gasteiger partial charge in [-0.1, -0.05) is 12.1 Å². The molecule has 3 aromatic rings. The monoisotopic (exact) mass is 502 g/mol. The number of aromatic carboxylic acids is 1. The van der Waals surface area contributed by atoms with Crippen LogP contribution in [0, 0.1) is 0 Å². The van der Waals surface area contributed by atoms with E-state index in [2.05, 4.69) is 0 Å². The third-order valence-corrected chi connectivity index (χ3v) is 6.36. The third kappa shape index (κ3) is 4.14. The van der Waals surface area contributed by atoms with Crippen LogP contribution in [-0.2, 0) is 4.79 Å². The van der Waals surface area contributed by atoms with Crippen LogP contribution in [0.4, 0.5) is 0 Å². The van der Waals surface area contributed by atoms with Crippen molar-refractivity contribution < 1.29 is 43.2 Å². The number of hydrogen-bond acceptors (Lipinski definition) is 8. The molecule has 0 aromatic heterocycles. The van der Waals surface area contributed by atoms with E-state index in [1.54, 1.807) is 42.5 Å². The average molecular weight is 502 g/mol. The second-order valence-corrected chi connectivity index (χ2v) is 8.40. The number of Topliss-reactive ketones (excluding diaryl/α,β-unsaturated/α-hetero) is 1. The molecule has 3 aromatic carbocycles. The molecule has 0 saturated carbocycles. The van der Waals surface area contributed by atoms with Gasteiger partial charge in [0.05, 0.1) is 38.9 Å². The van der Waals surface area contributed by atoms with Crippen molar-refractivity contribution in [1.82, 2.24) is 0 Å². The van der Waals surface area contributed by atoms with E-state index < -0.39 is 17.9 Å². The number of methoxy groups -OCH3 is 3. The van der Waals surface area contributed by atoms with Crippen LogP contribution in [0.3, 0.4) is 0 Å². The van der Waals surface area contributed by atoms with Crippen molar-refractivity contribution in [2.24, 2.45) is 0 Å². The number of benzene rings is 3. The van der Waals surface area contributed by atoms with Crippen LogP contribution in [0.15, 0.2) is 54.3 Å². The molecule has 2 aliphatic heterocycles. The van der Waals surface area contributed by atoms with Gasteiger partial charge in [-0.3, -0.25) is 9.59 Å². The molecule has 9 heteroatoms. The van der Waals surface area contributed by atoms with Crippen molar-refractivity contribution in [3.63, 3.8) is 0 Å². The second-order valence-electron chi connectivity index (χ2n) is 8.40. The van der Waals surface area contributed by atoms with Gasteiger partial charge in [0.25, 0.3) is 0 Å². The minimum absolute atomic E-state index is 0.00989. The zero-order valence-corrected chi connectivity index (χ0v) is 20.2. The van der Waals surface area contributed by atoms with E-state index >= 15 is 0 Å². The number of carbonyl (C=O) groups excluding carboxylic acids is 2. The summed E-state index contributed by atoms with van der Waals surface area (Å²) in [5.74, 6) is -0.296. The molecule has 188 valence electrons. The standard InChI is InChI=1S/C28H22O9/c1-33-20-13-22(35-3)21(34-2)10-16(20)11-23-26(30)17-8-9-19-25(27(17)37-23)18(12-24(29)36-19)14-4-6-15(7-5-14)28(31)32/h4-11,13,18H,12H2,1-3H3,(H,31,32). The Labute approximate surface area is 211 Å². The molecular formula is C28H22O9. The molecule has 2 aliphatic rings. The second kappa shape index (κ2) is 9.34. The van der Waals surface area contributed by atoms with Crippen LogP contribution < -0.4 is 23.7 Å². The first-order chi connectivity index (χ1) is 17.8. The highest BCUT2D eigenvalue weighted by Gasteiger charge is 2.38. The number of hydrogen-bond donors (Lipinski definition) is 1. The molecule has 0 aliphatic carbocycles. The van der Waals surface area contributed by atoms with Gasteiger partial charge in [-0.15, -0.1) is 0 Å². The van der Waals surface area contributed by atoms with Gasteiger partial charge in [0.15, 0.2) is 17.3 Å². The van der Waals surface area contributed by atoms with Crippen LogP contribution in [0.2, 0.25) is 0 Å². The molecule has 0 spiro atoms. The summed E-state index contributed by atoms with van der Waals surface area (Å²) in [5.41, 5.74) is 2.25. The number of ether oxygens (including phenoxy) is 5. The normalized spacial score (nSPS) is 16.9. The Kier molecular flexibility index (Phi) is 6.04. The predicted molar refractivity (Wildman–Crippen MR) is 131 cm³/mol. The van der Waals surface area contributed by atoms with Crippen LogP contribution in [0.1, 0.15) is 49.7 Å². The number of esters is 1. The predicted octanol–water partition coefficient (Wildman–Crippen LogP) is 4.47. The lowest BCUT2D eigenvalue weighted by Gasteiger charge is -2.26. The van der Waals surface area contributed by atoms with Gasteiger partial charge in [0.2, 0.25) is 5.78 Å². The Hall–Kier alpha value is -4.79. The van der Waals surface area contributed by atoms with E-state index in [9.17, 15) is 19.5 Å². The first kappa shape index (κ1) is 23.9.